The minimum atomic E-state index is -0.949. The van der Waals surface area contributed by atoms with E-state index in [-0.39, 0.29) is 5.56 Å². The van der Waals surface area contributed by atoms with E-state index in [2.05, 4.69) is 4.98 Å². The molecule has 6 heteroatoms. The number of carbonyl (C=O) groups is 1. The smallest absolute Gasteiger partial charge is 0.335 e. The third kappa shape index (κ3) is 2.43. The molecule has 0 atom stereocenters. The molecule has 1 N–H and O–H groups in total. The lowest BCUT2D eigenvalue weighted by Gasteiger charge is -2.18. The quantitative estimate of drug-likeness (QED) is 0.845. The molecule has 0 unspecified atom stereocenters. The van der Waals surface area contributed by atoms with E-state index in [1.54, 1.807) is 18.3 Å². The normalized spacial score (nSPS) is 10.2. The molecule has 0 bridgehead atoms. The number of hydrogen-bond acceptors (Lipinski definition) is 5. The molecule has 0 amide bonds. The summed E-state index contributed by atoms with van der Waals surface area (Å²) in [7, 11) is 1.53. The summed E-state index contributed by atoms with van der Waals surface area (Å²) in [6.45, 7) is 0. The highest BCUT2D eigenvalue weighted by atomic mass is 32.1. The zero-order valence-corrected chi connectivity index (χ0v) is 9.85. The number of rotatable bonds is 4. The van der Waals surface area contributed by atoms with Crippen molar-refractivity contribution in [3.8, 4) is 0 Å². The molecule has 0 saturated carbocycles. The van der Waals surface area contributed by atoms with E-state index in [1.807, 2.05) is 5.38 Å². The van der Waals surface area contributed by atoms with E-state index in [9.17, 15) is 4.79 Å². The van der Waals surface area contributed by atoms with Gasteiger partial charge in [-0.1, -0.05) is 0 Å². The van der Waals surface area contributed by atoms with Gasteiger partial charge < -0.3 is 5.11 Å². The first-order valence-corrected chi connectivity index (χ1v) is 5.67. The first-order chi connectivity index (χ1) is 8.22. The fourth-order valence-corrected chi connectivity index (χ4v) is 1.99. The van der Waals surface area contributed by atoms with Gasteiger partial charge in [-0.2, -0.15) is 5.06 Å². The summed E-state index contributed by atoms with van der Waals surface area (Å²) >= 11 is 1.43. The molecule has 0 aliphatic rings. The standard InChI is InChI=1S/C11H10N2O3S/c1-16-13(11-12-6-7-17-11)9-4-2-8(3-5-9)10(14)15/h2-7H,1H3,(H,14,15). The average Bonchev–Trinajstić information content (AvgIpc) is 2.84. The molecule has 1 heterocycles. The Hall–Kier alpha value is -1.92. The minimum absolute atomic E-state index is 0.240. The average molecular weight is 250 g/mol. The van der Waals surface area contributed by atoms with Crippen molar-refractivity contribution in [2.75, 3.05) is 12.2 Å². The third-order valence-electron chi connectivity index (χ3n) is 2.12. The number of hydrogen-bond donors (Lipinski definition) is 1. The van der Waals surface area contributed by atoms with Crippen LogP contribution < -0.4 is 5.06 Å². The van der Waals surface area contributed by atoms with Crippen molar-refractivity contribution >= 4 is 28.1 Å². The van der Waals surface area contributed by atoms with Crippen LogP contribution in [0.3, 0.4) is 0 Å². The summed E-state index contributed by atoms with van der Waals surface area (Å²) in [6.07, 6.45) is 1.68. The number of aromatic carboxylic acids is 1. The molecule has 1 aromatic carbocycles. The SMILES string of the molecule is CON(c1ccc(C(=O)O)cc1)c1nccs1. The highest BCUT2D eigenvalue weighted by molar-refractivity contribution is 7.13. The molecule has 2 rings (SSSR count). The van der Waals surface area contributed by atoms with Crippen molar-refractivity contribution in [1.29, 1.82) is 0 Å². The second-order valence-corrected chi connectivity index (χ2v) is 4.02. The first kappa shape index (κ1) is 11.6. The highest BCUT2D eigenvalue weighted by Gasteiger charge is 2.11. The molecule has 0 fully saturated rings. The predicted molar refractivity (Wildman–Crippen MR) is 64.7 cm³/mol. The molecule has 1 aromatic heterocycles. The lowest BCUT2D eigenvalue weighted by Crippen LogP contribution is -2.14. The van der Waals surface area contributed by atoms with Gasteiger partial charge in [-0.25, -0.2) is 9.78 Å². The van der Waals surface area contributed by atoms with Crippen molar-refractivity contribution in [3.05, 3.63) is 41.4 Å². The summed E-state index contributed by atoms with van der Waals surface area (Å²) in [4.78, 5) is 20.1. The molecule has 0 saturated heterocycles. The van der Waals surface area contributed by atoms with Gasteiger partial charge in [0, 0.05) is 11.6 Å². The van der Waals surface area contributed by atoms with Gasteiger partial charge >= 0.3 is 5.97 Å². The van der Waals surface area contributed by atoms with Gasteiger partial charge in [0.05, 0.1) is 18.4 Å². The molecule has 0 radical (unpaired) electrons. The molecule has 0 aliphatic carbocycles. The maximum atomic E-state index is 10.7. The maximum absolute atomic E-state index is 10.7. The predicted octanol–water partition coefficient (Wildman–Crippen LogP) is 2.54. The maximum Gasteiger partial charge on any atom is 0.335 e. The van der Waals surface area contributed by atoms with Gasteiger partial charge in [0.15, 0.2) is 0 Å². The molecule has 0 aliphatic heterocycles. The Labute approximate surface area is 102 Å². The van der Waals surface area contributed by atoms with Crippen molar-refractivity contribution in [2.45, 2.75) is 0 Å². The number of carboxylic acid groups (broad SMARTS) is 1. The van der Waals surface area contributed by atoms with E-state index < -0.39 is 5.97 Å². The summed E-state index contributed by atoms with van der Waals surface area (Å²) in [5.74, 6) is -0.949. The van der Waals surface area contributed by atoms with Crippen molar-refractivity contribution in [2.24, 2.45) is 0 Å². The summed E-state index contributed by atoms with van der Waals surface area (Å²) in [6, 6.07) is 6.40. The number of carboxylic acids is 1. The topological polar surface area (TPSA) is 62.7 Å². The van der Waals surface area contributed by atoms with Crippen LogP contribution in [-0.4, -0.2) is 23.2 Å². The van der Waals surface area contributed by atoms with Gasteiger partial charge in [0.25, 0.3) is 0 Å². The van der Waals surface area contributed by atoms with Gasteiger partial charge in [-0.05, 0) is 24.3 Å². The van der Waals surface area contributed by atoms with Crippen LogP contribution in [0.25, 0.3) is 0 Å². The second kappa shape index (κ2) is 4.94. The van der Waals surface area contributed by atoms with Gasteiger partial charge in [-0.3, -0.25) is 4.84 Å². The molecule has 88 valence electrons. The molecular formula is C11H10N2O3S. The van der Waals surface area contributed by atoms with Crippen LogP contribution in [0, 0.1) is 0 Å². The first-order valence-electron chi connectivity index (χ1n) is 4.79. The molecule has 0 spiro atoms. The molecule has 5 nitrogen and oxygen atoms in total. The third-order valence-corrected chi connectivity index (χ3v) is 2.86. The van der Waals surface area contributed by atoms with Crippen LogP contribution in [-0.2, 0) is 4.84 Å². The molecular weight excluding hydrogens is 240 g/mol. The summed E-state index contributed by atoms with van der Waals surface area (Å²) in [5, 5.41) is 12.9. The van der Waals surface area contributed by atoms with E-state index in [4.69, 9.17) is 9.94 Å². The number of aromatic nitrogens is 1. The van der Waals surface area contributed by atoms with E-state index >= 15 is 0 Å². The Morgan fingerprint density at radius 1 is 1.41 bits per heavy atom. The zero-order valence-electron chi connectivity index (χ0n) is 9.03. The minimum Gasteiger partial charge on any atom is -0.478 e. The summed E-state index contributed by atoms with van der Waals surface area (Å²) < 4.78 is 0. The number of benzene rings is 1. The fourth-order valence-electron chi connectivity index (χ4n) is 1.35. The molecule has 2 aromatic rings. The number of anilines is 2. The van der Waals surface area contributed by atoms with Crippen LogP contribution >= 0.6 is 11.3 Å². The van der Waals surface area contributed by atoms with Crippen molar-refractivity contribution in [1.82, 2.24) is 4.98 Å². The molecule has 17 heavy (non-hydrogen) atoms. The monoisotopic (exact) mass is 250 g/mol. The Kier molecular flexibility index (Phi) is 3.36. The second-order valence-electron chi connectivity index (χ2n) is 3.14. The van der Waals surface area contributed by atoms with Crippen LogP contribution in [0.5, 0.6) is 0 Å². The van der Waals surface area contributed by atoms with Crippen LogP contribution in [0.15, 0.2) is 35.8 Å². The van der Waals surface area contributed by atoms with Crippen LogP contribution in [0.4, 0.5) is 10.8 Å². The summed E-state index contributed by atoms with van der Waals surface area (Å²) in [5.41, 5.74) is 0.969. The van der Waals surface area contributed by atoms with Crippen molar-refractivity contribution < 1.29 is 14.7 Å². The van der Waals surface area contributed by atoms with Gasteiger partial charge in [0.2, 0.25) is 5.13 Å². The Morgan fingerprint density at radius 2 is 2.12 bits per heavy atom. The van der Waals surface area contributed by atoms with E-state index in [1.165, 1.54) is 35.6 Å². The fraction of sp³-hybridized carbons (Fsp3) is 0.0909. The Balaban J connectivity index is 2.29. The number of thiazole rings is 1. The van der Waals surface area contributed by atoms with E-state index in [0.29, 0.717) is 5.13 Å². The largest absolute Gasteiger partial charge is 0.478 e. The lowest BCUT2D eigenvalue weighted by molar-refractivity contribution is 0.0697. The van der Waals surface area contributed by atoms with Crippen molar-refractivity contribution in [3.63, 3.8) is 0 Å². The van der Waals surface area contributed by atoms with Crippen LogP contribution in [0.1, 0.15) is 10.4 Å². The Morgan fingerprint density at radius 3 is 2.59 bits per heavy atom. The Bertz CT molecular complexity index is 496. The zero-order chi connectivity index (χ0) is 12.3. The van der Waals surface area contributed by atoms with E-state index in [0.717, 1.165) is 5.69 Å². The highest BCUT2D eigenvalue weighted by Crippen LogP contribution is 2.27. The van der Waals surface area contributed by atoms with Gasteiger partial charge in [-0.15, -0.1) is 11.3 Å². The van der Waals surface area contributed by atoms with Gasteiger partial charge in [0.1, 0.15) is 0 Å². The van der Waals surface area contributed by atoms with Crippen LogP contribution in [0.2, 0.25) is 0 Å². The lowest BCUT2D eigenvalue weighted by atomic mass is 10.2. The number of nitrogens with zero attached hydrogens (tertiary/aromatic N) is 2.